The van der Waals surface area contributed by atoms with Crippen LogP contribution >= 0.6 is 11.8 Å². The van der Waals surface area contributed by atoms with Gasteiger partial charge in [-0.15, -0.1) is 0 Å². The van der Waals surface area contributed by atoms with Crippen LogP contribution in [-0.2, 0) is 4.79 Å². The van der Waals surface area contributed by atoms with Gasteiger partial charge >= 0.3 is 0 Å². The molecule has 1 aliphatic rings. The van der Waals surface area contributed by atoms with Crippen molar-refractivity contribution >= 4 is 17.7 Å². The van der Waals surface area contributed by atoms with E-state index in [0.29, 0.717) is 12.0 Å². The Morgan fingerprint density at radius 1 is 1.36 bits per heavy atom. The highest BCUT2D eigenvalue weighted by atomic mass is 32.2. The van der Waals surface area contributed by atoms with E-state index in [1.54, 1.807) is 6.20 Å². The van der Waals surface area contributed by atoms with Crippen molar-refractivity contribution in [1.29, 1.82) is 0 Å². The molecule has 0 spiro atoms. The molecule has 1 heterocycles. The van der Waals surface area contributed by atoms with Crippen LogP contribution in [0.1, 0.15) is 45.1 Å². The van der Waals surface area contributed by atoms with Gasteiger partial charge in [0.1, 0.15) is 0 Å². The zero-order chi connectivity index (χ0) is 17.8. The highest BCUT2D eigenvalue weighted by molar-refractivity contribution is 8.00. The molecular weight excluding hydrogens is 330 g/mol. The van der Waals surface area contributed by atoms with Crippen LogP contribution < -0.4 is 5.32 Å². The molecule has 2 aromatic rings. The molecule has 1 fully saturated rings. The Kier molecular flexibility index (Phi) is 5.84. The number of rotatable bonds is 5. The van der Waals surface area contributed by atoms with Crippen LogP contribution in [-0.4, -0.2) is 26.8 Å². The average Bonchev–Trinajstić information content (AvgIpc) is 3.05. The number of nitrogens with one attached hydrogen (secondary N) is 1. The quantitative estimate of drug-likeness (QED) is 0.809. The van der Waals surface area contributed by atoms with Gasteiger partial charge in [0.05, 0.1) is 5.25 Å². The maximum atomic E-state index is 12.6. The van der Waals surface area contributed by atoms with Crippen LogP contribution in [0, 0.1) is 12.8 Å². The van der Waals surface area contributed by atoms with Crippen molar-refractivity contribution in [2.45, 2.75) is 62.9 Å². The van der Waals surface area contributed by atoms with E-state index in [2.05, 4.69) is 42.3 Å². The van der Waals surface area contributed by atoms with Crippen molar-refractivity contribution in [3.8, 4) is 5.69 Å². The van der Waals surface area contributed by atoms with Gasteiger partial charge in [-0.3, -0.25) is 9.36 Å². The van der Waals surface area contributed by atoms with E-state index < -0.39 is 0 Å². The van der Waals surface area contributed by atoms with E-state index in [4.69, 9.17) is 0 Å². The van der Waals surface area contributed by atoms with E-state index in [0.717, 1.165) is 17.3 Å². The lowest BCUT2D eigenvalue weighted by molar-refractivity contribution is -0.121. The zero-order valence-electron chi connectivity index (χ0n) is 15.2. The van der Waals surface area contributed by atoms with Gasteiger partial charge < -0.3 is 5.32 Å². The molecule has 0 bridgehead atoms. The number of carbonyl (C=O) groups is 1. The molecule has 1 aromatic heterocycles. The lowest BCUT2D eigenvalue weighted by atomic mass is 9.86. The minimum atomic E-state index is -0.167. The van der Waals surface area contributed by atoms with Gasteiger partial charge in [0, 0.05) is 24.1 Å². The van der Waals surface area contributed by atoms with Crippen LogP contribution in [0.2, 0.25) is 0 Å². The highest BCUT2D eigenvalue weighted by Crippen LogP contribution is 2.27. The van der Waals surface area contributed by atoms with Gasteiger partial charge in [0.15, 0.2) is 5.16 Å². The van der Waals surface area contributed by atoms with Crippen LogP contribution in [0.5, 0.6) is 0 Å². The molecule has 1 aromatic carbocycles. The van der Waals surface area contributed by atoms with Crippen molar-refractivity contribution in [3.63, 3.8) is 0 Å². The maximum absolute atomic E-state index is 12.6. The first kappa shape index (κ1) is 18.1. The van der Waals surface area contributed by atoms with Gasteiger partial charge in [-0.05, 0) is 50.3 Å². The summed E-state index contributed by atoms with van der Waals surface area (Å²) in [5.41, 5.74) is 2.28. The monoisotopic (exact) mass is 357 g/mol. The van der Waals surface area contributed by atoms with Crippen molar-refractivity contribution < 1.29 is 4.79 Å². The third-order valence-electron chi connectivity index (χ3n) is 4.98. The Morgan fingerprint density at radius 3 is 2.92 bits per heavy atom. The summed E-state index contributed by atoms with van der Waals surface area (Å²) in [6.45, 7) is 6.28. The van der Waals surface area contributed by atoms with Gasteiger partial charge in [0.25, 0.3) is 0 Å². The molecule has 1 amide bonds. The van der Waals surface area contributed by atoms with Crippen LogP contribution in [0.3, 0.4) is 0 Å². The van der Waals surface area contributed by atoms with Crippen molar-refractivity contribution in [3.05, 3.63) is 42.2 Å². The molecule has 0 saturated heterocycles. The molecule has 1 N–H and O–H groups in total. The molecular formula is C20H27N3OS. The molecule has 3 rings (SSSR count). The van der Waals surface area contributed by atoms with E-state index >= 15 is 0 Å². The van der Waals surface area contributed by atoms with Gasteiger partial charge in [-0.1, -0.05) is 43.7 Å². The normalized spacial score (nSPS) is 21.7. The summed E-state index contributed by atoms with van der Waals surface area (Å²) in [7, 11) is 0. The molecule has 1 saturated carbocycles. The first-order valence-electron chi connectivity index (χ1n) is 9.12. The number of imidazole rings is 1. The summed E-state index contributed by atoms with van der Waals surface area (Å²) in [5.74, 6) is 0.687. The third-order valence-corrected chi connectivity index (χ3v) is 6.06. The Labute approximate surface area is 154 Å². The number of hydrogen-bond acceptors (Lipinski definition) is 3. The number of nitrogens with zero attached hydrogens (tertiary/aromatic N) is 2. The van der Waals surface area contributed by atoms with Crippen LogP contribution in [0.25, 0.3) is 5.69 Å². The number of aromatic nitrogens is 2. The second kappa shape index (κ2) is 8.09. The van der Waals surface area contributed by atoms with Gasteiger partial charge in [0.2, 0.25) is 5.91 Å². The summed E-state index contributed by atoms with van der Waals surface area (Å²) in [6, 6.07) is 8.63. The molecule has 25 heavy (non-hydrogen) atoms. The molecule has 1 aliphatic carbocycles. The standard InChI is InChI=1S/C20H27N3OS/c1-14-7-6-9-17(13-14)23-12-11-21-20(23)25-16(3)19(24)22-18-10-5-4-8-15(18)2/h6-7,9,11-13,15-16,18H,4-5,8,10H2,1-3H3,(H,22,24)/t15-,16+,18+/m0/s1. The summed E-state index contributed by atoms with van der Waals surface area (Å²) in [6.07, 6.45) is 8.55. The number of thioether (sulfide) groups is 1. The third kappa shape index (κ3) is 4.46. The average molecular weight is 358 g/mol. The topological polar surface area (TPSA) is 46.9 Å². The fourth-order valence-electron chi connectivity index (χ4n) is 3.39. The van der Waals surface area contributed by atoms with Crippen molar-refractivity contribution in [1.82, 2.24) is 14.9 Å². The van der Waals surface area contributed by atoms with Gasteiger partial charge in [-0.2, -0.15) is 0 Å². The minimum absolute atomic E-state index is 0.113. The number of aryl methyl sites for hydroxylation is 1. The highest BCUT2D eigenvalue weighted by Gasteiger charge is 2.25. The fraction of sp³-hybridized carbons (Fsp3) is 0.500. The van der Waals surface area contributed by atoms with E-state index in [-0.39, 0.29) is 11.2 Å². The summed E-state index contributed by atoms with van der Waals surface area (Å²) >= 11 is 1.52. The molecule has 5 heteroatoms. The van der Waals surface area contributed by atoms with Crippen LogP contribution in [0.15, 0.2) is 41.8 Å². The van der Waals surface area contributed by atoms with E-state index in [1.165, 1.54) is 36.6 Å². The summed E-state index contributed by atoms with van der Waals surface area (Å²) in [4.78, 5) is 17.1. The Morgan fingerprint density at radius 2 is 2.16 bits per heavy atom. The van der Waals surface area contributed by atoms with Gasteiger partial charge in [-0.25, -0.2) is 4.98 Å². The fourth-order valence-corrected chi connectivity index (χ4v) is 4.29. The maximum Gasteiger partial charge on any atom is 0.233 e. The molecule has 0 aliphatic heterocycles. The Bertz CT molecular complexity index is 727. The Hall–Kier alpha value is -1.75. The minimum Gasteiger partial charge on any atom is -0.352 e. The van der Waals surface area contributed by atoms with Crippen molar-refractivity contribution in [2.75, 3.05) is 0 Å². The van der Waals surface area contributed by atoms with Crippen LogP contribution in [0.4, 0.5) is 0 Å². The van der Waals surface area contributed by atoms with E-state index in [1.807, 2.05) is 23.8 Å². The number of hydrogen-bond donors (Lipinski definition) is 1. The molecule has 134 valence electrons. The molecule has 0 unspecified atom stereocenters. The number of amides is 1. The predicted molar refractivity (Wildman–Crippen MR) is 103 cm³/mol. The van der Waals surface area contributed by atoms with E-state index in [9.17, 15) is 4.79 Å². The molecule has 0 radical (unpaired) electrons. The smallest absolute Gasteiger partial charge is 0.233 e. The number of carbonyl (C=O) groups excluding carboxylic acids is 1. The zero-order valence-corrected chi connectivity index (χ0v) is 16.1. The number of benzene rings is 1. The second-order valence-electron chi connectivity index (χ2n) is 7.06. The van der Waals surface area contributed by atoms with Crippen molar-refractivity contribution in [2.24, 2.45) is 5.92 Å². The lowest BCUT2D eigenvalue weighted by Crippen LogP contribution is -2.44. The predicted octanol–water partition coefficient (Wildman–Crippen LogP) is 4.36. The summed E-state index contributed by atoms with van der Waals surface area (Å²) < 4.78 is 2.05. The first-order chi connectivity index (χ1) is 12.0. The Balaban J connectivity index is 1.66. The second-order valence-corrected chi connectivity index (χ2v) is 8.36. The molecule has 4 nitrogen and oxygen atoms in total. The largest absolute Gasteiger partial charge is 0.352 e. The molecule has 3 atom stereocenters. The SMILES string of the molecule is Cc1cccc(-n2ccnc2S[C@H](C)C(=O)N[C@@H]2CCCC[C@@H]2C)c1. The summed E-state index contributed by atoms with van der Waals surface area (Å²) in [5, 5.41) is 3.94. The first-order valence-corrected chi connectivity index (χ1v) is 10.00. The lowest BCUT2D eigenvalue weighted by Gasteiger charge is -2.30.